The van der Waals surface area contributed by atoms with Crippen LogP contribution in [0, 0.1) is 0 Å². The summed E-state index contributed by atoms with van der Waals surface area (Å²) in [5.74, 6) is 0.281. The molecule has 0 fully saturated rings. The Kier molecular flexibility index (Phi) is 2.54. The van der Waals surface area contributed by atoms with E-state index in [4.69, 9.17) is 5.73 Å². The minimum atomic E-state index is 0.131. The predicted molar refractivity (Wildman–Crippen MR) is 44.1 cm³/mol. The van der Waals surface area contributed by atoms with Gasteiger partial charge < -0.3 is 5.73 Å². The van der Waals surface area contributed by atoms with Crippen molar-refractivity contribution in [1.29, 1.82) is 0 Å². The molecule has 0 saturated heterocycles. The Bertz CT molecular complexity index is 208. The summed E-state index contributed by atoms with van der Waals surface area (Å²) in [5, 5.41) is 7.75. The van der Waals surface area contributed by atoms with E-state index in [0.717, 1.165) is 5.69 Å². The zero-order chi connectivity index (χ0) is 8.27. The molecule has 1 heterocycles. The zero-order valence-corrected chi connectivity index (χ0v) is 6.86. The first-order valence-corrected chi connectivity index (χ1v) is 3.75. The summed E-state index contributed by atoms with van der Waals surface area (Å²) < 4.78 is 0. The molecule has 0 amide bonds. The molecule has 2 N–H and O–H groups in total. The summed E-state index contributed by atoms with van der Waals surface area (Å²) in [4.78, 5) is 0. The van der Waals surface area contributed by atoms with Gasteiger partial charge >= 0.3 is 0 Å². The third-order valence-corrected chi connectivity index (χ3v) is 1.85. The smallest absolute Gasteiger partial charge is 0.0674 e. The Morgan fingerprint density at radius 2 is 2.18 bits per heavy atom. The molecule has 2 atom stereocenters. The molecule has 0 aliphatic heterocycles. The molecular weight excluding hydrogens is 138 g/mol. The lowest BCUT2D eigenvalue weighted by Crippen LogP contribution is -2.23. The first kappa shape index (κ1) is 8.14. The van der Waals surface area contributed by atoms with Gasteiger partial charge in [-0.25, -0.2) is 0 Å². The van der Waals surface area contributed by atoms with Crippen molar-refractivity contribution in [2.45, 2.75) is 25.8 Å². The van der Waals surface area contributed by atoms with E-state index in [-0.39, 0.29) is 12.0 Å². The Morgan fingerprint density at radius 3 is 2.64 bits per heavy atom. The number of rotatable bonds is 2. The molecule has 0 bridgehead atoms. The largest absolute Gasteiger partial charge is 0.327 e. The van der Waals surface area contributed by atoms with Crippen LogP contribution in [0.5, 0.6) is 0 Å². The van der Waals surface area contributed by atoms with Crippen LogP contribution in [0.4, 0.5) is 0 Å². The maximum Gasteiger partial charge on any atom is 0.0674 e. The molecule has 1 rings (SSSR count). The van der Waals surface area contributed by atoms with Gasteiger partial charge in [-0.3, -0.25) is 0 Å². The van der Waals surface area contributed by atoms with Crippen LogP contribution in [-0.2, 0) is 0 Å². The van der Waals surface area contributed by atoms with E-state index in [1.54, 1.807) is 6.20 Å². The van der Waals surface area contributed by atoms with Crippen molar-refractivity contribution in [3.05, 3.63) is 24.0 Å². The number of nitrogens with zero attached hydrogens (tertiary/aromatic N) is 2. The monoisotopic (exact) mass is 151 g/mol. The highest BCUT2D eigenvalue weighted by Crippen LogP contribution is 2.13. The molecule has 3 heteroatoms. The summed E-state index contributed by atoms with van der Waals surface area (Å²) in [5.41, 5.74) is 6.66. The molecular formula is C8H13N3. The third-order valence-electron chi connectivity index (χ3n) is 1.85. The summed E-state index contributed by atoms with van der Waals surface area (Å²) in [6, 6.07) is 3.95. The second-order valence-corrected chi connectivity index (χ2v) is 2.80. The highest BCUT2D eigenvalue weighted by atomic mass is 15.1. The van der Waals surface area contributed by atoms with E-state index >= 15 is 0 Å². The van der Waals surface area contributed by atoms with E-state index < -0.39 is 0 Å². The normalized spacial score (nSPS) is 15.9. The van der Waals surface area contributed by atoms with Crippen molar-refractivity contribution in [2.24, 2.45) is 5.73 Å². The minimum absolute atomic E-state index is 0.131. The van der Waals surface area contributed by atoms with Crippen molar-refractivity contribution in [3.63, 3.8) is 0 Å². The quantitative estimate of drug-likeness (QED) is 0.684. The molecule has 0 spiro atoms. The van der Waals surface area contributed by atoms with Gasteiger partial charge in [-0.15, -0.1) is 0 Å². The molecule has 0 saturated carbocycles. The molecule has 1 aromatic heterocycles. The van der Waals surface area contributed by atoms with Gasteiger partial charge in [-0.05, 0) is 19.1 Å². The van der Waals surface area contributed by atoms with Crippen LogP contribution >= 0.6 is 0 Å². The van der Waals surface area contributed by atoms with Crippen LogP contribution in [0.15, 0.2) is 18.3 Å². The fraction of sp³-hybridized carbons (Fsp3) is 0.500. The van der Waals surface area contributed by atoms with E-state index in [9.17, 15) is 0 Å². The van der Waals surface area contributed by atoms with Gasteiger partial charge in [0.25, 0.3) is 0 Å². The standard InChI is InChI=1S/C8H13N3/c1-6(7(2)9)8-4-3-5-10-11-8/h3-7H,9H2,1-2H3. The van der Waals surface area contributed by atoms with Crippen molar-refractivity contribution in [1.82, 2.24) is 10.2 Å². The van der Waals surface area contributed by atoms with Crippen LogP contribution in [-0.4, -0.2) is 16.2 Å². The van der Waals surface area contributed by atoms with Crippen molar-refractivity contribution < 1.29 is 0 Å². The SMILES string of the molecule is CC(N)C(C)c1cccnn1. The van der Waals surface area contributed by atoms with Crippen LogP contribution < -0.4 is 5.73 Å². The second kappa shape index (κ2) is 3.44. The fourth-order valence-corrected chi connectivity index (χ4v) is 0.826. The predicted octanol–water partition coefficient (Wildman–Crippen LogP) is 0.927. The van der Waals surface area contributed by atoms with Gasteiger partial charge in [-0.1, -0.05) is 6.92 Å². The summed E-state index contributed by atoms with van der Waals surface area (Å²) in [6.07, 6.45) is 1.66. The van der Waals surface area contributed by atoms with Gasteiger partial charge in [0.05, 0.1) is 5.69 Å². The van der Waals surface area contributed by atoms with E-state index in [2.05, 4.69) is 17.1 Å². The van der Waals surface area contributed by atoms with Crippen LogP contribution in [0.3, 0.4) is 0 Å². The lowest BCUT2D eigenvalue weighted by Gasteiger charge is -2.13. The highest BCUT2D eigenvalue weighted by molar-refractivity contribution is 5.06. The van der Waals surface area contributed by atoms with Crippen molar-refractivity contribution >= 4 is 0 Å². The molecule has 1 aromatic rings. The average Bonchev–Trinajstić information content (AvgIpc) is 2.05. The van der Waals surface area contributed by atoms with Gasteiger partial charge in [0.2, 0.25) is 0 Å². The van der Waals surface area contributed by atoms with Gasteiger partial charge in [0.15, 0.2) is 0 Å². The third kappa shape index (κ3) is 1.98. The van der Waals surface area contributed by atoms with Gasteiger partial charge in [0.1, 0.15) is 0 Å². The van der Waals surface area contributed by atoms with Gasteiger partial charge in [0, 0.05) is 18.2 Å². The Morgan fingerprint density at radius 1 is 1.45 bits per heavy atom. The molecule has 0 aliphatic rings. The van der Waals surface area contributed by atoms with E-state index in [1.165, 1.54) is 0 Å². The zero-order valence-electron chi connectivity index (χ0n) is 6.86. The second-order valence-electron chi connectivity index (χ2n) is 2.80. The van der Waals surface area contributed by atoms with E-state index in [1.807, 2.05) is 19.1 Å². The Labute approximate surface area is 66.6 Å². The van der Waals surface area contributed by atoms with Crippen LogP contribution in [0.1, 0.15) is 25.5 Å². The molecule has 60 valence electrons. The fourth-order valence-electron chi connectivity index (χ4n) is 0.826. The highest BCUT2D eigenvalue weighted by Gasteiger charge is 2.10. The maximum atomic E-state index is 5.70. The maximum absolute atomic E-state index is 5.70. The lowest BCUT2D eigenvalue weighted by molar-refractivity contribution is 0.590. The first-order valence-electron chi connectivity index (χ1n) is 3.75. The molecule has 3 nitrogen and oxygen atoms in total. The molecule has 0 radical (unpaired) electrons. The van der Waals surface area contributed by atoms with Crippen molar-refractivity contribution in [3.8, 4) is 0 Å². The summed E-state index contributed by atoms with van der Waals surface area (Å²) in [6.45, 7) is 4.02. The average molecular weight is 151 g/mol. The minimum Gasteiger partial charge on any atom is -0.327 e. The Balaban J connectivity index is 2.77. The number of nitrogens with two attached hydrogens (primary N) is 1. The number of aromatic nitrogens is 2. The van der Waals surface area contributed by atoms with E-state index in [0.29, 0.717) is 0 Å². The summed E-state index contributed by atoms with van der Waals surface area (Å²) >= 11 is 0. The number of hydrogen-bond donors (Lipinski definition) is 1. The first-order chi connectivity index (χ1) is 5.22. The Hall–Kier alpha value is -0.960. The molecule has 2 unspecified atom stereocenters. The van der Waals surface area contributed by atoms with Crippen molar-refractivity contribution in [2.75, 3.05) is 0 Å². The molecule has 0 aromatic carbocycles. The summed E-state index contributed by atoms with van der Waals surface area (Å²) in [7, 11) is 0. The van der Waals surface area contributed by atoms with Crippen LogP contribution in [0.2, 0.25) is 0 Å². The number of hydrogen-bond acceptors (Lipinski definition) is 3. The topological polar surface area (TPSA) is 51.8 Å². The van der Waals surface area contributed by atoms with Crippen LogP contribution in [0.25, 0.3) is 0 Å². The molecule has 11 heavy (non-hydrogen) atoms. The lowest BCUT2D eigenvalue weighted by atomic mass is 10.0. The van der Waals surface area contributed by atoms with Gasteiger partial charge in [-0.2, -0.15) is 10.2 Å². The molecule has 0 aliphatic carbocycles.